The molecule has 1 aliphatic heterocycles. The van der Waals surface area contributed by atoms with E-state index in [9.17, 15) is 13.5 Å². The maximum absolute atomic E-state index is 13.7. The Kier molecular flexibility index (Phi) is 8.27. The Balaban J connectivity index is 1.69. The Bertz CT molecular complexity index is 1140. The molecule has 2 aromatic rings. The Labute approximate surface area is 209 Å². The Morgan fingerprint density at radius 2 is 2.11 bits per heavy atom. The highest BCUT2D eigenvalue weighted by atomic mass is 32.2. The van der Waals surface area contributed by atoms with Gasteiger partial charge < -0.3 is 9.84 Å². The van der Waals surface area contributed by atoms with Crippen LogP contribution in [0.3, 0.4) is 0 Å². The molecule has 3 atom stereocenters. The van der Waals surface area contributed by atoms with Gasteiger partial charge in [-0.3, -0.25) is 9.88 Å². The maximum atomic E-state index is 13.7. The molecule has 0 saturated carbocycles. The molecule has 0 saturated heterocycles. The first-order valence-corrected chi connectivity index (χ1v) is 13.9. The Morgan fingerprint density at radius 3 is 2.80 bits per heavy atom. The van der Waals surface area contributed by atoms with Crippen LogP contribution in [-0.4, -0.2) is 66.6 Å². The van der Waals surface area contributed by atoms with Crippen LogP contribution in [-0.2, 0) is 16.6 Å². The number of hydrogen-bond acceptors (Lipinski definition) is 6. The van der Waals surface area contributed by atoms with E-state index in [0.29, 0.717) is 12.3 Å². The van der Waals surface area contributed by atoms with Crippen LogP contribution >= 0.6 is 0 Å². The number of likely N-dealkylation sites (N-methyl/N-ethyl adjacent to an activating group) is 1. The first kappa shape index (κ1) is 25.8. The van der Waals surface area contributed by atoms with E-state index >= 15 is 0 Å². The quantitative estimate of drug-likeness (QED) is 0.621. The highest BCUT2D eigenvalue weighted by Crippen LogP contribution is 2.37. The van der Waals surface area contributed by atoms with Crippen molar-refractivity contribution in [2.45, 2.75) is 63.1 Å². The van der Waals surface area contributed by atoms with Crippen molar-refractivity contribution in [2.75, 3.05) is 26.7 Å². The van der Waals surface area contributed by atoms with Crippen LogP contribution in [0.15, 0.2) is 53.7 Å². The summed E-state index contributed by atoms with van der Waals surface area (Å²) in [5, 5.41) is 9.85. The summed E-state index contributed by atoms with van der Waals surface area (Å²) in [6.07, 6.45) is 10.0. The minimum Gasteiger partial charge on any atom is -0.487 e. The van der Waals surface area contributed by atoms with Crippen LogP contribution in [0.5, 0.6) is 5.75 Å². The lowest BCUT2D eigenvalue weighted by molar-refractivity contribution is 0.0733. The van der Waals surface area contributed by atoms with E-state index < -0.39 is 16.1 Å². The third-order valence-corrected chi connectivity index (χ3v) is 9.02. The van der Waals surface area contributed by atoms with Crippen LogP contribution < -0.4 is 4.74 Å². The molecule has 0 spiro atoms. The fourth-order valence-corrected chi connectivity index (χ4v) is 6.74. The lowest BCUT2D eigenvalue weighted by Gasteiger charge is -2.37. The molecule has 0 radical (unpaired) electrons. The van der Waals surface area contributed by atoms with Crippen molar-refractivity contribution in [1.82, 2.24) is 14.2 Å². The third kappa shape index (κ3) is 5.94. The number of pyridine rings is 1. The number of sulfonamides is 1. The van der Waals surface area contributed by atoms with E-state index in [-0.39, 0.29) is 30.1 Å². The zero-order chi connectivity index (χ0) is 25.0. The summed E-state index contributed by atoms with van der Waals surface area (Å²) in [4.78, 5) is 6.56. The summed E-state index contributed by atoms with van der Waals surface area (Å²) in [6, 6.07) is 8.92. The third-order valence-electron chi connectivity index (χ3n) is 7.00. The van der Waals surface area contributed by atoms with Gasteiger partial charge in [-0.1, -0.05) is 25.1 Å². The molecular formula is C27H37N3O4S. The van der Waals surface area contributed by atoms with Gasteiger partial charge in [-0.2, -0.15) is 4.31 Å². The number of aliphatic hydroxyl groups is 1. The molecule has 7 nitrogen and oxygen atoms in total. The van der Waals surface area contributed by atoms with Crippen molar-refractivity contribution in [3.63, 3.8) is 0 Å². The zero-order valence-corrected chi connectivity index (χ0v) is 21.7. The molecule has 0 amide bonds. The van der Waals surface area contributed by atoms with Gasteiger partial charge in [-0.15, -0.1) is 0 Å². The van der Waals surface area contributed by atoms with Gasteiger partial charge in [0.05, 0.1) is 6.61 Å². The lowest BCUT2D eigenvalue weighted by atomic mass is 9.93. The van der Waals surface area contributed by atoms with Crippen molar-refractivity contribution in [1.29, 1.82) is 0 Å². The molecule has 8 heteroatoms. The SMILES string of the molecule is C[C@H]1CN([C@@H](C)CO)S(=O)(=O)c2ccc(C3=CCCCC3)cc2O[C@@H]1CN(C)Cc1cccnc1. The molecular weight excluding hydrogens is 462 g/mol. The number of aromatic nitrogens is 1. The molecule has 190 valence electrons. The predicted octanol–water partition coefficient (Wildman–Crippen LogP) is 3.94. The second-order valence-corrected chi connectivity index (χ2v) is 11.8. The molecule has 1 aliphatic carbocycles. The average Bonchev–Trinajstić information content (AvgIpc) is 2.86. The van der Waals surface area contributed by atoms with Gasteiger partial charge in [-0.25, -0.2) is 8.42 Å². The predicted molar refractivity (Wildman–Crippen MR) is 137 cm³/mol. The van der Waals surface area contributed by atoms with E-state index in [2.05, 4.69) is 16.0 Å². The minimum atomic E-state index is -3.83. The van der Waals surface area contributed by atoms with Crippen LogP contribution in [0, 0.1) is 5.92 Å². The van der Waals surface area contributed by atoms with Gasteiger partial charge in [0, 0.05) is 44.0 Å². The van der Waals surface area contributed by atoms with Gasteiger partial charge in [0.2, 0.25) is 10.0 Å². The summed E-state index contributed by atoms with van der Waals surface area (Å²) in [7, 11) is -1.79. The summed E-state index contributed by atoms with van der Waals surface area (Å²) in [5.41, 5.74) is 3.38. The molecule has 4 rings (SSSR count). The summed E-state index contributed by atoms with van der Waals surface area (Å²) in [5.74, 6) is 0.316. The van der Waals surface area contributed by atoms with Crippen molar-refractivity contribution in [3.05, 3.63) is 59.9 Å². The topological polar surface area (TPSA) is 83.0 Å². The molecule has 1 N–H and O–H groups in total. The van der Waals surface area contributed by atoms with Gasteiger partial charge in [-0.05, 0) is 74.6 Å². The normalized spacial score (nSPS) is 23.5. The van der Waals surface area contributed by atoms with E-state index in [1.165, 1.54) is 16.3 Å². The molecule has 2 heterocycles. The number of fused-ring (bicyclic) bond motifs is 1. The van der Waals surface area contributed by atoms with Crippen LogP contribution in [0.4, 0.5) is 0 Å². The molecule has 0 bridgehead atoms. The molecule has 0 fully saturated rings. The van der Waals surface area contributed by atoms with Gasteiger partial charge >= 0.3 is 0 Å². The van der Waals surface area contributed by atoms with Crippen molar-refractivity contribution in [2.24, 2.45) is 5.92 Å². The van der Waals surface area contributed by atoms with Crippen molar-refractivity contribution in [3.8, 4) is 5.75 Å². The number of rotatable bonds is 7. The Morgan fingerprint density at radius 1 is 1.29 bits per heavy atom. The summed E-state index contributed by atoms with van der Waals surface area (Å²) < 4.78 is 35.3. The van der Waals surface area contributed by atoms with E-state index in [1.54, 1.807) is 19.2 Å². The molecule has 1 aromatic heterocycles. The van der Waals surface area contributed by atoms with Gasteiger partial charge in [0.15, 0.2) is 0 Å². The number of aliphatic hydroxyl groups excluding tert-OH is 1. The number of hydrogen-bond donors (Lipinski definition) is 1. The van der Waals surface area contributed by atoms with Crippen molar-refractivity contribution < 1.29 is 18.3 Å². The number of benzene rings is 1. The second kappa shape index (κ2) is 11.2. The molecule has 1 aromatic carbocycles. The number of ether oxygens (including phenoxy) is 1. The van der Waals surface area contributed by atoms with Crippen LogP contribution in [0.25, 0.3) is 5.57 Å². The summed E-state index contributed by atoms with van der Waals surface area (Å²) in [6.45, 7) is 5.16. The fourth-order valence-electron chi connectivity index (χ4n) is 4.92. The van der Waals surface area contributed by atoms with Gasteiger partial charge in [0.1, 0.15) is 16.7 Å². The fraction of sp³-hybridized carbons (Fsp3) is 0.519. The summed E-state index contributed by atoms with van der Waals surface area (Å²) >= 11 is 0. The highest BCUT2D eigenvalue weighted by molar-refractivity contribution is 7.89. The maximum Gasteiger partial charge on any atom is 0.247 e. The van der Waals surface area contributed by atoms with E-state index in [1.807, 2.05) is 44.4 Å². The largest absolute Gasteiger partial charge is 0.487 e. The second-order valence-electron chi connectivity index (χ2n) is 9.93. The highest BCUT2D eigenvalue weighted by Gasteiger charge is 2.38. The minimum absolute atomic E-state index is 0.0826. The monoisotopic (exact) mass is 499 g/mol. The molecule has 0 unspecified atom stereocenters. The molecule has 2 aliphatic rings. The van der Waals surface area contributed by atoms with E-state index in [4.69, 9.17) is 4.74 Å². The number of nitrogens with zero attached hydrogens (tertiary/aromatic N) is 3. The Hall–Kier alpha value is -2.26. The average molecular weight is 500 g/mol. The number of allylic oxidation sites excluding steroid dienone is 2. The zero-order valence-electron chi connectivity index (χ0n) is 20.9. The smallest absolute Gasteiger partial charge is 0.247 e. The molecule has 35 heavy (non-hydrogen) atoms. The standard InChI is InChI=1S/C27H37N3O4S/c1-20-16-30(21(2)19-31)35(32,33)27-12-11-24(23-9-5-4-6-10-23)14-25(27)34-26(20)18-29(3)17-22-8-7-13-28-15-22/h7-9,11-15,20-21,26,31H,4-6,10,16-19H2,1-3H3/t20-,21-,26+/m0/s1. The van der Waals surface area contributed by atoms with Gasteiger partial charge in [0.25, 0.3) is 0 Å². The first-order chi connectivity index (χ1) is 16.8. The van der Waals surface area contributed by atoms with Crippen LogP contribution in [0.2, 0.25) is 0 Å². The van der Waals surface area contributed by atoms with E-state index in [0.717, 1.165) is 36.9 Å². The first-order valence-electron chi connectivity index (χ1n) is 12.5. The van der Waals surface area contributed by atoms with Crippen molar-refractivity contribution >= 4 is 15.6 Å². The van der Waals surface area contributed by atoms with Crippen LogP contribution in [0.1, 0.15) is 50.7 Å². The lowest BCUT2D eigenvalue weighted by Crippen LogP contribution is -2.49.